The number of ether oxygens (including phenoxy) is 1. The first kappa shape index (κ1) is 16.4. The Labute approximate surface area is 119 Å². The molecule has 1 atom stereocenters. The molecule has 0 bridgehead atoms. The monoisotopic (exact) mass is 282 g/mol. The Balaban J connectivity index is 2.47. The largest absolute Gasteiger partial charge is 0.494 e. The predicted octanol–water partition coefficient (Wildman–Crippen LogP) is 2.53. The van der Waals surface area contributed by atoms with Gasteiger partial charge in [0.2, 0.25) is 5.91 Å². The van der Waals surface area contributed by atoms with Gasteiger partial charge in [0, 0.05) is 6.42 Å². The van der Waals surface area contributed by atoms with Crippen LogP contribution in [-0.2, 0) is 4.79 Å². The van der Waals surface area contributed by atoms with Gasteiger partial charge in [0.15, 0.2) is 11.6 Å². The van der Waals surface area contributed by atoms with Gasteiger partial charge in [-0.15, -0.1) is 0 Å². The van der Waals surface area contributed by atoms with Crippen molar-refractivity contribution in [2.24, 2.45) is 5.73 Å². The van der Waals surface area contributed by atoms with Crippen LogP contribution < -0.4 is 15.8 Å². The molecule has 0 saturated heterocycles. The van der Waals surface area contributed by atoms with Crippen LogP contribution in [0.5, 0.6) is 5.75 Å². The number of hydrogen-bond acceptors (Lipinski definition) is 3. The zero-order valence-corrected chi connectivity index (χ0v) is 12.1. The third-order valence-corrected chi connectivity index (χ3v) is 3.16. The molecule has 112 valence electrons. The zero-order valence-electron chi connectivity index (χ0n) is 12.1. The number of carbonyl (C=O) groups is 1. The Morgan fingerprint density at radius 1 is 1.40 bits per heavy atom. The quantitative estimate of drug-likeness (QED) is 0.720. The smallest absolute Gasteiger partial charge is 0.220 e. The molecule has 1 unspecified atom stereocenters. The fourth-order valence-corrected chi connectivity index (χ4v) is 1.96. The van der Waals surface area contributed by atoms with E-state index in [-0.39, 0.29) is 17.7 Å². The Hall–Kier alpha value is -1.62. The van der Waals surface area contributed by atoms with Crippen LogP contribution in [0, 0.1) is 5.82 Å². The molecule has 0 aliphatic rings. The lowest BCUT2D eigenvalue weighted by Gasteiger charge is -2.15. The molecule has 0 saturated carbocycles. The molecule has 20 heavy (non-hydrogen) atoms. The molecule has 0 radical (unpaired) electrons. The van der Waals surface area contributed by atoms with Crippen molar-refractivity contribution < 1.29 is 13.9 Å². The summed E-state index contributed by atoms with van der Waals surface area (Å²) in [5, 5.41) is 2.86. The predicted molar refractivity (Wildman–Crippen MR) is 77.0 cm³/mol. The molecule has 5 heteroatoms. The van der Waals surface area contributed by atoms with Crippen LogP contribution in [0.15, 0.2) is 18.2 Å². The summed E-state index contributed by atoms with van der Waals surface area (Å²) in [5.41, 5.74) is 6.11. The molecular weight excluding hydrogens is 259 g/mol. The minimum atomic E-state index is -0.422. The van der Waals surface area contributed by atoms with Crippen molar-refractivity contribution in [2.45, 2.75) is 38.6 Å². The SMILES string of the molecule is COc1ccc(C(C)NC(=O)CCCCCN)cc1F. The minimum absolute atomic E-state index is 0.0225. The molecule has 1 rings (SSSR count). The molecular formula is C15H23FN2O2. The molecule has 4 nitrogen and oxygen atoms in total. The maximum absolute atomic E-state index is 13.6. The number of amides is 1. The summed E-state index contributed by atoms with van der Waals surface area (Å²) in [6.07, 6.45) is 3.19. The van der Waals surface area contributed by atoms with Gasteiger partial charge in [-0.1, -0.05) is 12.5 Å². The number of unbranched alkanes of at least 4 members (excludes halogenated alkanes) is 2. The van der Waals surface area contributed by atoms with Gasteiger partial charge in [-0.05, 0) is 44.0 Å². The van der Waals surface area contributed by atoms with Crippen molar-refractivity contribution in [1.82, 2.24) is 5.32 Å². The third kappa shape index (κ3) is 5.17. The summed E-state index contributed by atoms with van der Waals surface area (Å²) in [6, 6.07) is 4.48. The molecule has 0 aromatic heterocycles. The second-order valence-corrected chi connectivity index (χ2v) is 4.78. The van der Waals surface area contributed by atoms with Gasteiger partial charge in [0.25, 0.3) is 0 Å². The van der Waals surface area contributed by atoms with Crippen LogP contribution >= 0.6 is 0 Å². The molecule has 0 heterocycles. The highest BCUT2D eigenvalue weighted by atomic mass is 19.1. The Morgan fingerprint density at radius 2 is 2.15 bits per heavy atom. The van der Waals surface area contributed by atoms with E-state index in [9.17, 15) is 9.18 Å². The fraction of sp³-hybridized carbons (Fsp3) is 0.533. The van der Waals surface area contributed by atoms with E-state index in [2.05, 4.69) is 5.32 Å². The van der Waals surface area contributed by atoms with Crippen molar-refractivity contribution in [3.05, 3.63) is 29.6 Å². The van der Waals surface area contributed by atoms with Gasteiger partial charge in [-0.25, -0.2) is 4.39 Å². The highest BCUT2D eigenvalue weighted by Gasteiger charge is 2.12. The van der Waals surface area contributed by atoms with Crippen molar-refractivity contribution >= 4 is 5.91 Å². The summed E-state index contributed by atoms with van der Waals surface area (Å²) < 4.78 is 18.5. The van der Waals surface area contributed by atoms with E-state index in [0.717, 1.165) is 24.8 Å². The number of methoxy groups -OCH3 is 1. The summed E-state index contributed by atoms with van der Waals surface area (Å²) >= 11 is 0. The van der Waals surface area contributed by atoms with E-state index in [4.69, 9.17) is 10.5 Å². The van der Waals surface area contributed by atoms with E-state index in [1.54, 1.807) is 12.1 Å². The Bertz CT molecular complexity index is 438. The van der Waals surface area contributed by atoms with Gasteiger partial charge in [-0.3, -0.25) is 4.79 Å². The summed E-state index contributed by atoms with van der Waals surface area (Å²) in [5.74, 6) is -0.242. The molecule has 1 amide bonds. The molecule has 1 aromatic rings. The lowest BCUT2D eigenvalue weighted by molar-refractivity contribution is -0.121. The van der Waals surface area contributed by atoms with E-state index in [1.807, 2.05) is 6.92 Å². The van der Waals surface area contributed by atoms with Gasteiger partial charge in [-0.2, -0.15) is 0 Å². The van der Waals surface area contributed by atoms with E-state index in [0.29, 0.717) is 13.0 Å². The van der Waals surface area contributed by atoms with Crippen LogP contribution in [0.1, 0.15) is 44.2 Å². The number of benzene rings is 1. The van der Waals surface area contributed by atoms with Crippen molar-refractivity contribution in [2.75, 3.05) is 13.7 Å². The van der Waals surface area contributed by atoms with E-state index < -0.39 is 5.82 Å². The standard InChI is InChI=1S/C15H23FN2O2/c1-11(18-15(19)6-4-3-5-9-17)12-7-8-14(20-2)13(16)10-12/h7-8,10-11H,3-6,9,17H2,1-2H3,(H,18,19). The van der Waals surface area contributed by atoms with Crippen LogP contribution in [0.25, 0.3) is 0 Å². The second-order valence-electron chi connectivity index (χ2n) is 4.78. The number of carbonyl (C=O) groups excluding carboxylic acids is 1. The molecule has 0 spiro atoms. The highest BCUT2D eigenvalue weighted by Crippen LogP contribution is 2.21. The topological polar surface area (TPSA) is 64.3 Å². The van der Waals surface area contributed by atoms with Crippen molar-refractivity contribution in [3.63, 3.8) is 0 Å². The minimum Gasteiger partial charge on any atom is -0.494 e. The Kier molecular flexibility index (Phi) is 7.01. The van der Waals surface area contributed by atoms with Gasteiger partial charge >= 0.3 is 0 Å². The van der Waals surface area contributed by atoms with Gasteiger partial charge in [0.05, 0.1) is 13.2 Å². The lowest BCUT2D eigenvalue weighted by Crippen LogP contribution is -2.26. The summed E-state index contributed by atoms with van der Waals surface area (Å²) in [7, 11) is 1.42. The number of halogens is 1. The number of hydrogen-bond donors (Lipinski definition) is 2. The molecule has 0 fully saturated rings. The average molecular weight is 282 g/mol. The second kappa shape index (κ2) is 8.53. The van der Waals surface area contributed by atoms with Crippen LogP contribution in [-0.4, -0.2) is 19.6 Å². The normalized spacial score (nSPS) is 12.0. The average Bonchev–Trinajstić information content (AvgIpc) is 2.43. The van der Waals surface area contributed by atoms with E-state index >= 15 is 0 Å². The highest BCUT2D eigenvalue weighted by molar-refractivity contribution is 5.76. The molecule has 0 aliphatic carbocycles. The number of rotatable bonds is 8. The first-order chi connectivity index (χ1) is 9.58. The summed E-state index contributed by atoms with van der Waals surface area (Å²) in [6.45, 7) is 2.49. The van der Waals surface area contributed by atoms with Gasteiger partial charge in [0.1, 0.15) is 0 Å². The first-order valence-electron chi connectivity index (χ1n) is 6.91. The molecule has 0 aliphatic heterocycles. The fourth-order valence-electron chi connectivity index (χ4n) is 1.96. The number of nitrogens with one attached hydrogen (secondary N) is 1. The van der Waals surface area contributed by atoms with Crippen molar-refractivity contribution in [1.29, 1.82) is 0 Å². The summed E-state index contributed by atoms with van der Waals surface area (Å²) in [4.78, 5) is 11.7. The maximum atomic E-state index is 13.6. The Morgan fingerprint density at radius 3 is 2.75 bits per heavy atom. The number of nitrogens with two attached hydrogens (primary N) is 1. The maximum Gasteiger partial charge on any atom is 0.220 e. The zero-order chi connectivity index (χ0) is 15.0. The van der Waals surface area contributed by atoms with Crippen LogP contribution in [0.4, 0.5) is 4.39 Å². The van der Waals surface area contributed by atoms with Crippen LogP contribution in [0.3, 0.4) is 0 Å². The molecule has 1 aromatic carbocycles. The first-order valence-corrected chi connectivity index (χ1v) is 6.91. The van der Waals surface area contributed by atoms with Crippen LogP contribution in [0.2, 0.25) is 0 Å². The van der Waals surface area contributed by atoms with Crippen molar-refractivity contribution in [3.8, 4) is 5.75 Å². The third-order valence-electron chi connectivity index (χ3n) is 3.16. The lowest BCUT2D eigenvalue weighted by atomic mass is 10.1. The molecule has 3 N–H and O–H groups in total. The van der Waals surface area contributed by atoms with E-state index in [1.165, 1.54) is 13.2 Å². The van der Waals surface area contributed by atoms with Gasteiger partial charge < -0.3 is 15.8 Å².